The van der Waals surface area contributed by atoms with Crippen molar-refractivity contribution in [1.29, 1.82) is 0 Å². The number of aromatic nitrogens is 2. The van der Waals surface area contributed by atoms with Gasteiger partial charge in [0, 0.05) is 75.6 Å². The van der Waals surface area contributed by atoms with E-state index < -0.39 is 0 Å². The quantitative estimate of drug-likeness (QED) is 0.917. The van der Waals surface area contributed by atoms with Crippen LogP contribution in [0, 0.1) is 0 Å². The highest BCUT2D eigenvalue weighted by molar-refractivity contribution is 5.76. The van der Waals surface area contributed by atoms with Crippen LogP contribution >= 0.6 is 0 Å². The maximum atomic E-state index is 12.5. The van der Waals surface area contributed by atoms with Crippen LogP contribution in [-0.2, 0) is 17.8 Å². The number of aromatic amines is 1. The first kappa shape index (κ1) is 16.1. The zero-order valence-corrected chi connectivity index (χ0v) is 14.5. The van der Waals surface area contributed by atoms with Crippen molar-refractivity contribution in [3.63, 3.8) is 0 Å². The number of benzene rings is 1. The van der Waals surface area contributed by atoms with Gasteiger partial charge in [0.05, 0.1) is 6.20 Å². The third kappa shape index (κ3) is 3.69. The maximum Gasteiger partial charge on any atom is 0.224 e. The SMILES string of the molecule is O=C(CCN1CCN(c2ccccc2)CC1)N1CCc2[nH]ncc2C1. The molecule has 2 aliphatic rings. The lowest BCUT2D eigenvalue weighted by Crippen LogP contribution is -2.47. The fourth-order valence-corrected chi connectivity index (χ4v) is 3.72. The molecule has 0 aliphatic carbocycles. The number of carbonyl (C=O) groups is 1. The average molecular weight is 339 g/mol. The van der Waals surface area contributed by atoms with Crippen molar-refractivity contribution in [1.82, 2.24) is 20.0 Å². The van der Waals surface area contributed by atoms with Gasteiger partial charge in [-0.05, 0) is 12.1 Å². The second-order valence-electron chi connectivity index (χ2n) is 6.85. The molecule has 0 atom stereocenters. The molecule has 3 heterocycles. The molecule has 132 valence electrons. The van der Waals surface area contributed by atoms with Crippen LogP contribution in [0.15, 0.2) is 36.5 Å². The molecule has 0 bridgehead atoms. The third-order valence-electron chi connectivity index (χ3n) is 5.29. The molecule has 2 aliphatic heterocycles. The molecule has 1 aromatic carbocycles. The molecule has 1 fully saturated rings. The van der Waals surface area contributed by atoms with E-state index in [0.29, 0.717) is 13.0 Å². The van der Waals surface area contributed by atoms with Gasteiger partial charge in [0.25, 0.3) is 0 Å². The fraction of sp³-hybridized carbons (Fsp3) is 0.474. The van der Waals surface area contributed by atoms with Gasteiger partial charge < -0.3 is 9.80 Å². The van der Waals surface area contributed by atoms with Crippen molar-refractivity contribution in [3.05, 3.63) is 47.8 Å². The number of carbonyl (C=O) groups excluding carboxylic acids is 1. The van der Waals surface area contributed by atoms with Gasteiger partial charge in [-0.25, -0.2) is 0 Å². The Morgan fingerprint density at radius 2 is 1.88 bits per heavy atom. The van der Waals surface area contributed by atoms with Crippen molar-refractivity contribution >= 4 is 11.6 Å². The molecule has 1 aromatic heterocycles. The van der Waals surface area contributed by atoms with Gasteiger partial charge in [-0.3, -0.25) is 14.8 Å². The van der Waals surface area contributed by atoms with Crippen LogP contribution in [0.2, 0.25) is 0 Å². The number of nitrogens with one attached hydrogen (secondary N) is 1. The number of piperazine rings is 1. The van der Waals surface area contributed by atoms with Crippen LogP contribution < -0.4 is 4.90 Å². The van der Waals surface area contributed by atoms with Crippen molar-refractivity contribution in [2.75, 3.05) is 44.2 Å². The number of H-pyrrole nitrogens is 1. The third-order valence-corrected chi connectivity index (χ3v) is 5.29. The Labute approximate surface area is 148 Å². The number of hydrogen-bond acceptors (Lipinski definition) is 4. The van der Waals surface area contributed by atoms with Gasteiger partial charge in [-0.15, -0.1) is 0 Å². The van der Waals surface area contributed by atoms with Crippen LogP contribution in [0.5, 0.6) is 0 Å². The lowest BCUT2D eigenvalue weighted by molar-refractivity contribution is -0.132. The molecule has 0 saturated carbocycles. The lowest BCUT2D eigenvalue weighted by Gasteiger charge is -2.36. The standard InChI is InChI=1S/C19H25N5O/c25-19(24-9-6-18-16(15-24)14-20-21-18)7-8-22-10-12-23(13-11-22)17-4-2-1-3-5-17/h1-5,14H,6-13,15H2,(H,20,21). The Bertz CT molecular complexity index is 706. The summed E-state index contributed by atoms with van der Waals surface area (Å²) in [6.45, 7) is 6.46. The smallest absolute Gasteiger partial charge is 0.224 e. The highest BCUT2D eigenvalue weighted by Crippen LogP contribution is 2.18. The summed E-state index contributed by atoms with van der Waals surface area (Å²) in [5.74, 6) is 0.261. The molecule has 1 N–H and O–H groups in total. The molecule has 6 nitrogen and oxygen atoms in total. The number of rotatable bonds is 4. The minimum absolute atomic E-state index is 0.261. The Morgan fingerprint density at radius 1 is 1.08 bits per heavy atom. The molecule has 0 unspecified atom stereocenters. The first-order chi connectivity index (χ1) is 12.3. The molecule has 1 saturated heterocycles. The van der Waals surface area contributed by atoms with E-state index in [9.17, 15) is 4.79 Å². The summed E-state index contributed by atoms with van der Waals surface area (Å²) >= 11 is 0. The number of hydrogen-bond donors (Lipinski definition) is 1. The van der Waals surface area contributed by atoms with E-state index in [0.717, 1.165) is 51.3 Å². The fourth-order valence-electron chi connectivity index (χ4n) is 3.72. The van der Waals surface area contributed by atoms with E-state index in [1.54, 1.807) is 0 Å². The summed E-state index contributed by atoms with van der Waals surface area (Å²) < 4.78 is 0. The van der Waals surface area contributed by atoms with Crippen molar-refractivity contribution in [2.24, 2.45) is 0 Å². The number of fused-ring (bicyclic) bond motifs is 1. The summed E-state index contributed by atoms with van der Waals surface area (Å²) in [7, 11) is 0. The Kier molecular flexibility index (Phi) is 4.70. The minimum atomic E-state index is 0.261. The molecule has 25 heavy (non-hydrogen) atoms. The minimum Gasteiger partial charge on any atom is -0.369 e. The first-order valence-electron chi connectivity index (χ1n) is 9.11. The van der Waals surface area contributed by atoms with Crippen molar-refractivity contribution < 1.29 is 4.79 Å². The number of nitrogens with zero attached hydrogens (tertiary/aromatic N) is 4. The Morgan fingerprint density at radius 3 is 2.68 bits per heavy atom. The topological polar surface area (TPSA) is 55.5 Å². The predicted octanol–water partition coefficient (Wildman–Crippen LogP) is 1.51. The van der Waals surface area contributed by atoms with Crippen LogP contribution in [0.1, 0.15) is 17.7 Å². The highest BCUT2D eigenvalue weighted by Gasteiger charge is 2.23. The van der Waals surface area contributed by atoms with Crippen LogP contribution in [-0.4, -0.2) is 65.2 Å². The average Bonchev–Trinajstić information content (AvgIpc) is 3.15. The Hall–Kier alpha value is -2.34. The largest absolute Gasteiger partial charge is 0.369 e. The van der Waals surface area contributed by atoms with Gasteiger partial charge in [0.1, 0.15) is 0 Å². The van der Waals surface area contributed by atoms with Crippen molar-refractivity contribution in [3.8, 4) is 0 Å². The molecule has 2 aromatic rings. The molecule has 1 amide bonds. The second kappa shape index (κ2) is 7.27. The van der Waals surface area contributed by atoms with Gasteiger partial charge in [0.15, 0.2) is 0 Å². The van der Waals surface area contributed by atoms with Crippen LogP contribution in [0.3, 0.4) is 0 Å². The number of anilines is 1. The maximum absolute atomic E-state index is 12.5. The van der Waals surface area contributed by atoms with Gasteiger partial charge in [-0.1, -0.05) is 18.2 Å². The molecular weight excluding hydrogens is 314 g/mol. The molecular formula is C19H25N5O. The number of amides is 1. The molecule has 0 radical (unpaired) electrons. The Balaban J connectivity index is 1.22. The molecule has 0 spiro atoms. The summed E-state index contributed by atoms with van der Waals surface area (Å²) in [5, 5.41) is 7.09. The number of para-hydroxylation sites is 1. The van der Waals surface area contributed by atoms with Gasteiger partial charge in [0.2, 0.25) is 5.91 Å². The molecule has 4 rings (SSSR count). The van der Waals surface area contributed by atoms with Gasteiger partial charge in [-0.2, -0.15) is 5.10 Å². The van der Waals surface area contributed by atoms with E-state index in [2.05, 4.69) is 50.3 Å². The van der Waals surface area contributed by atoms with E-state index >= 15 is 0 Å². The van der Waals surface area contributed by atoms with E-state index in [4.69, 9.17) is 0 Å². The summed E-state index contributed by atoms with van der Waals surface area (Å²) in [5.41, 5.74) is 3.64. The van der Waals surface area contributed by atoms with Crippen LogP contribution in [0.4, 0.5) is 5.69 Å². The van der Waals surface area contributed by atoms with Crippen LogP contribution in [0.25, 0.3) is 0 Å². The van der Waals surface area contributed by atoms with E-state index in [1.165, 1.54) is 11.4 Å². The summed E-state index contributed by atoms with van der Waals surface area (Å²) in [4.78, 5) is 19.3. The first-order valence-corrected chi connectivity index (χ1v) is 9.11. The summed E-state index contributed by atoms with van der Waals surface area (Å²) in [6, 6.07) is 10.6. The van der Waals surface area contributed by atoms with Gasteiger partial charge >= 0.3 is 0 Å². The highest BCUT2D eigenvalue weighted by atomic mass is 16.2. The van der Waals surface area contributed by atoms with E-state index in [-0.39, 0.29) is 5.91 Å². The van der Waals surface area contributed by atoms with Crippen molar-refractivity contribution in [2.45, 2.75) is 19.4 Å². The zero-order valence-electron chi connectivity index (χ0n) is 14.5. The zero-order chi connectivity index (χ0) is 17.1. The lowest BCUT2D eigenvalue weighted by atomic mass is 10.1. The van der Waals surface area contributed by atoms with E-state index in [1.807, 2.05) is 11.1 Å². The normalized spacial score (nSPS) is 18.2. The summed E-state index contributed by atoms with van der Waals surface area (Å²) in [6.07, 6.45) is 3.34. The molecule has 6 heteroatoms. The monoisotopic (exact) mass is 339 g/mol. The predicted molar refractivity (Wildman–Crippen MR) is 97.4 cm³/mol. The second-order valence-corrected chi connectivity index (χ2v) is 6.85.